The molecule has 0 amide bonds. The Balaban J connectivity index is 1.41. The van der Waals surface area contributed by atoms with Gasteiger partial charge in [-0.25, -0.2) is 19.6 Å². The second-order valence-corrected chi connectivity index (χ2v) is 6.81. The first kappa shape index (κ1) is 18.9. The van der Waals surface area contributed by atoms with Gasteiger partial charge in [0.2, 0.25) is 0 Å². The maximum Gasteiger partial charge on any atom is 0.194 e. The molecule has 0 spiro atoms. The van der Waals surface area contributed by atoms with Crippen LogP contribution in [0.4, 0.5) is 5.82 Å². The Bertz CT molecular complexity index is 915. The topological polar surface area (TPSA) is 74.5 Å². The Morgan fingerprint density at radius 1 is 1.00 bits per heavy atom. The van der Waals surface area contributed by atoms with E-state index in [-0.39, 0.29) is 0 Å². The fraction of sp³-hybridized carbons (Fsp3) is 0.333. The molecule has 3 aromatic rings. The van der Waals surface area contributed by atoms with Crippen LogP contribution in [0.3, 0.4) is 0 Å². The average molecular weight is 390 g/mol. The van der Waals surface area contributed by atoms with Crippen molar-refractivity contribution in [2.24, 2.45) is 4.99 Å². The Morgan fingerprint density at radius 2 is 1.86 bits per heavy atom. The number of guanidine groups is 1. The number of aliphatic imine (C=N–C) groups is 1. The fourth-order valence-electron chi connectivity index (χ4n) is 3.37. The van der Waals surface area contributed by atoms with Crippen LogP contribution in [0.25, 0.3) is 5.82 Å². The fourth-order valence-corrected chi connectivity index (χ4v) is 3.37. The first-order valence-electron chi connectivity index (χ1n) is 9.97. The standard InChI is InChI=1S/C21H26N8/c1-2-22-21(28-14-12-27(13-15-28)19-6-3-4-8-23-19)25-17-18-7-10-24-20(16-18)29-11-5-9-26-29/h3-11,16H,2,12-15,17H2,1H3,(H,22,25). The Morgan fingerprint density at radius 3 is 2.59 bits per heavy atom. The van der Waals surface area contributed by atoms with Gasteiger partial charge in [0, 0.05) is 57.5 Å². The molecular weight excluding hydrogens is 364 g/mol. The first-order valence-corrected chi connectivity index (χ1v) is 9.97. The van der Waals surface area contributed by atoms with Gasteiger partial charge in [-0.1, -0.05) is 6.07 Å². The van der Waals surface area contributed by atoms with Gasteiger partial charge in [-0.3, -0.25) is 0 Å². The SMILES string of the molecule is CCNC(=NCc1ccnc(-n2cccn2)c1)N1CCN(c2ccccn2)CC1. The number of hydrogen-bond donors (Lipinski definition) is 1. The zero-order valence-corrected chi connectivity index (χ0v) is 16.6. The Kier molecular flexibility index (Phi) is 5.99. The summed E-state index contributed by atoms with van der Waals surface area (Å²) in [6, 6.07) is 12.0. The molecule has 0 saturated carbocycles. The van der Waals surface area contributed by atoms with E-state index in [0.29, 0.717) is 6.54 Å². The van der Waals surface area contributed by atoms with E-state index in [1.165, 1.54) is 0 Å². The number of piperazine rings is 1. The molecule has 1 aliphatic heterocycles. The van der Waals surface area contributed by atoms with Crippen molar-refractivity contribution in [3.63, 3.8) is 0 Å². The van der Waals surface area contributed by atoms with Crippen molar-refractivity contribution in [1.82, 2.24) is 30.0 Å². The van der Waals surface area contributed by atoms with Gasteiger partial charge in [0.05, 0.1) is 6.54 Å². The number of hydrogen-bond acceptors (Lipinski definition) is 5. The summed E-state index contributed by atoms with van der Waals surface area (Å²) in [5.41, 5.74) is 1.10. The van der Waals surface area contributed by atoms with Crippen LogP contribution < -0.4 is 10.2 Å². The lowest BCUT2D eigenvalue weighted by Gasteiger charge is -2.37. The maximum atomic E-state index is 4.87. The van der Waals surface area contributed by atoms with Crippen LogP contribution in [-0.2, 0) is 6.54 Å². The van der Waals surface area contributed by atoms with E-state index < -0.39 is 0 Å². The van der Waals surface area contributed by atoms with E-state index in [2.05, 4.69) is 43.2 Å². The molecule has 0 unspecified atom stereocenters. The van der Waals surface area contributed by atoms with Crippen molar-refractivity contribution in [1.29, 1.82) is 0 Å². The van der Waals surface area contributed by atoms with Crippen LogP contribution in [0.15, 0.2) is 66.2 Å². The first-order chi connectivity index (χ1) is 14.3. The van der Waals surface area contributed by atoms with Gasteiger partial charge in [0.15, 0.2) is 11.8 Å². The normalized spacial score (nSPS) is 14.9. The maximum absolute atomic E-state index is 4.87. The van der Waals surface area contributed by atoms with Gasteiger partial charge < -0.3 is 15.1 Å². The number of aromatic nitrogens is 4. The average Bonchev–Trinajstić information content (AvgIpc) is 3.33. The van der Waals surface area contributed by atoms with E-state index in [4.69, 9.17) is 4.99 Å². The zero-order valence-electron chi connectivity index (χ0n) is 16.6. The zero-order chi connectivity index (χ0) is 19.9. The van der Waals surface area contributed by atoms with Gasteiger partial charge in [0.25, 0.3) is 0 Å². The molecular formula is C21H26N8. The molecule has 4 heterocycles. The summed E-state index contributed by atoms with van der Waals surface area (Å²) < 4.78 is 1.76. The molecule has 1 fully saturated rings. The van der Waals surface area contributed by atoms with Crippen LogP contribution in [0, 0.1) is 0 Å². The number of anilines is 1. The van der Waals surface area contributed by atoms with Gasteiger partial charge in [-0.15, -0.1) is 0 Å². The van der Waals surface area contributed by atoms with Crippen molar-refractivity contribution >= 4 is 11.8 Å². The summed E-state index contributed by atoms with van der Waals surface area (Å²) in [7, 11) is 0. The second-order valence-electron chi connectivity index (χ2n) is 6.81. The van der Waals surface area contributed by atoms with Crippen molar-refractivity contribution < 1.29 is 0 Å². The minimum absolute atomic E-state index is 0.597. The number of nitrogens with zero attached hydrogens (tertiary/aromatic N) is 7. The van der Waals surface area contributed by atoms with Gasteiger partial charge in [-0.2, -0.15) is 5.10 Å². The second kappa shape index (κ2) is 9.18. The monoisotopic (exact) mass is 390 g/mol. The minimum Gasteiger partial charge on any atom is -0.357 e. The lowest BCUT2D eigenvalue weighted by molar-refractivity contribution is 0.371. The molecule has 150 valence electrons. The van der Waals surface area contributed by atoms with E-state index in [1.54, 1.807) is 17.1 Å². The van der Waals surface area contributed by atoms with Crippen LogP contribution >= 0.6 is 0 Å². The third-order valence-corrected chi connectivity index (χ3v) is 4.85. The molecule has 8 heteroatoms. The van der Waals surface area contributed by atoms with Crippen molar-refractivity contribution in [2.75, 3.05) is 37.6 Å². The Labute approximate surface area is 170 Å². The number of rotatable bonds is 5. The molecule has 0 aromatic carbocycles. The third kappa shape index (κ3) is 4.71. The lowest BCUT2D eigenvalue weighted by atomic mass is 10.2. The summed E-state index contributed by atoms with van der Waals surface area (Å²) in [6.45, 7) is 7.23. The molecule has 29 heavy (non-hydrogen) atoms. The summed E-state index contributed by atoms with van der Waals surface area (Å²) >= 11 is 0. The minimum atomic E-state index is 0.597. The van der Waals surface area contributed by atoms with Gasteiger partial charge >= 0.3 is 0 Å². The Hall–Kier alpha value is -3.42. The van der Waals surface area contributed by atoms with Crippen molar-refractivity contribution in [3.05, 3.63) is 66.7 Å². The molecule has 3 aromatic heterocycles. The molecule has 8 nitrogen and oxygen atoms in total. The van der Waals surface area contributed by atoms with Crippen molar-refractivity contribution in [2.45, 2.75) is 13.5 Å². The molecule has 0 atom stereocenters. The van der Waals surface area contributed by atoms with Gasteiger partial charge in [0.1, 0.15) is 5.82 Å². The summed E-state index contributed by atoms with van der Waals surface area (Å²) in [5.74, 6) is 2.79. The lowest BCUT2D eigenvalue weighted by Crippen LogP contribution is -2.52. The van der Waals surface area contributed by atoms with E-state index in [0.717, 1.165) is 55.9 Å². The molecule has 1 N–H and O–H groups in total. The molecule has 0 bridgehead atoms. The predicted octanol–water partition coefficient (Wildman–Crippen LogP) is 1.95. The highest BCUT2D eigenvalue weighted by Gasteiger charge is 2.20. The molecule has 4 rings (SSSR count). The molecule has 0 radical (unpaired) electrons. The molecule has 1 saturated heterocycles. The number of pyridine rings is 2. The highest BCUT2D eigenvalue weighted by Crippen LogP contribution is 2.13. The third-order valence-electron chi connectivity index (χ3n) is 4.85. The highest BCUT2D eigenvalue weighted by molar-refractivity contribution is 5.80. The quantitative estimate of drug-likeness (QED) is 0.530. The van der Waals surface area contributed by atoms with Crippen LogP contribution in [0.1, 0.15) is 12.5 Å². The van der Waals surface area contributed by atoms with E-state index >= 15 is 0 Å². The van der Waals surface area contributed by atoms with Crippen LogP contribution in [0.5, 0.6) is 0 Å². The summed E-state index contributed by atoms with van der Waals surface area (Å²) in [4.78, 5) is 18.4. The summed E-state index contributed by atoms with van der Waals surface area (Å²) in [5, 5.41) is 7.67. The number of nitrogens with one attached hydrogen (secondary N) is 1. The largest absolute Gasteiger partial charge is 0.357 e. The predicted molar refractivity (Wildman–Crippen MR) is 114 cm³/mol. The van der Waals surface area contributed by atoms with Crippen LogP contribution in [0.2, 0.25) is 0 Å². The smallest absolute Gasteiger partial charge is 0.194 e. The van der Waals surface area contributed by atoms with Crippen molar-refractivity contribution in [3.8, 4) is 5.82 Å². The van der Waals surface area contributed by atoms with Gasteiger partial charge in [-0.05, 0) is 42.8 Å². The molecule has 1 aliphatic rings. The summed E-state index contributed by atoms with van der Waals surface area (Å²) in [6.07, 6.45) is 7.29. The van der Waals surface area contributed by atoms with E-state index in [9.17, 15) is 0 Å². The van der Waals surface area contributed by atoms with E-state index in [1.807, 2.05) is 42.7 Å². The highest BCUT2D eigenvalue weighted by atomic mass is 15.4. The molecule has 0 aliphatic carbocycles. The van der Waals surface area contributed by atoms with Crippen LogP contribution in [-0.4, -0.2) is 63.3 Å².